The maximum Gasteiger partial charge on any atom is 0.243 e. The van der Waals surface area contributed by atoms with Gasteiger partial charge in [0.15, 0.2) is 0 Å². The van der Waals surface area contributed by atoms with Gasteiger partial charge in [0.2, 0.25) is 21.8 Å². The second kappa shape index (κ2) is 14.3. The first kappa shape index (κ1) is 30.3. The number of benzene rings is 3. The van der Waals surface area contributed by atoms with E-state index in [4.69, 9.17) is 0 Å². The Balaban J connectivity index is 1.57. The number of para-hydroxylation sites is 1. The summed E-state index contributed by atoms with van der Waals surface area (Å²) in [5.41, 5.74) is 3.61. The van der Waals surface area contributed by atoms with Crippen molar-refractivity contribution >= 4 is 27.5 Å². The van der Waals surface area contributed by atoms with E-state index >= 15 is 0 Å². The zero-order chi connectivity index (χ0) is 29.2. The molecule has 3 aromatic carbocycles. The average molecular weight is 576 g/mol. The maximum absolute atomic E-state index is 13.9. The molecule has 0 heterocycles. The van der Waals surface area contributed by atoms with Gasteiger partial charge < -0.3 is 10.2 Å². The molecule has 0 aromatic heterocycles. The van der Waals surface area contributed by atoms with Gasteiger partial charge in [-0.15, -0.1) is 0 Å². The number of nitrogens with one attached hydrogen (secondary N) is 1. The standard InChI is InChI=1S/C33H41N3O4S/c1-26-19-21-28(22-20-26)25-35(32(37)18-11-23-36(41(2,39)40)30-16-7-4-8-17-30)31(24-27-12-5-3-6-13-27)33(38)34-29-14-9-10-15-29/h3-8,12-13,16-17,19-22,29,31H,9-11,14-15,18,23-25H2,1-2H3,(H,34,38)/t31-/m0/s1. The summed E-state index contributed by atoms with van der Waals surface area (Å²) in [6, 6.07) is 26.1. The molecule has 1 aliphatic carbocycles. The molecule has 0 unspecified atom stereocenters. The largest absolute Gasteiger partial charge is 0.352 e. The van der Waals surface area contributed by atoms with Crippen LogP contribution in [0.4, 0.5) is 5.69 Å². The monoisotopic (exact) mass is 575 g/mol. The lowest BCUT2D eigenvalue weighted by atomic mass is 10.0. The molecule has 0 aliphatic heterocycles. The van der Waals surface area contributed by atoms with E-state index in [2.05, 4.69) is 5.32 Å². The van der Waals surface area contributed by atoms with Gasteiger partial charge >= 0.3 is 0 Å². The Kier molecular flexibility index (Phi) is 10.6. The summed E-state index contributed by atoms with van der Waals surface area (Å²) in [5, 5.41) is 3.22. The lowest BCUT2D eigenvalue weighted by molar-refractivity contribution is -0.141. The summed E-state index contributed by atoms with van der Waals surface area (Å²) < 4.78 is 26.4. The SMILES string of the molecule is Cc1ccc(CN(C(=O)CCCN(c2ccccc2)S(C)(=O)=O)[C@@H](Cc2ccccc2)C(=O)NC2CCCC2)cc1. The Labute approximate surface area is 244 Å². The van der Waals surface area contributed by atoms with Crippen LogP contribution in [0.3, 0.4) is 0 Å². The normalized spacial score (nSPS) is 14.4. The van der Waals surface area contributed by atoms with Crippen molar-refractivity contribution < 1.29 is 18.0 Å². The molecule has 41 heavy (non-hydrogen) atoms. The fourth-order valence-electron chi connectivity index (χ4n) is 5.41. The summed E-state index contributed by atoms with van der Waals surface area (Å²) >= 11 is 0. The van der Waals surface area contributed by atoms with Crippen molar-refractivity contribution in [1.29, 1.82) is 0 Å². The summed E-state index contributed by atoms with van der Waals surface area (Å²) in [6.07, 6.45) is 6.12. The number of sulfonamides is 1. The summed E-state index contributed by atoms with van der Waals surface area (Å²) in [4.78, 5) is 29.4. The first-order valence-electron chi connectivity index (χ1n) is 14.4. The third kappa shape index (κ3) is 8.92. The molecule has 0 saturated heterocycles. The minimum Gasteiger partial charge on any atom is -0.352 e. The average Bonchev–Trinajstić information content (AvgIpc) is 3.47. The fourth-order valence-corrected chi connectivity index (χ4v) is 6.38. The third-order valence-electron chi connectivity index (χ3n) is 7.64. The highest BCUT2D eigenvalue weighted by Crippen LogP contribution is 2.22. The van der Waals surface area contributed by atoms with Crippen molar-refractivity contribution in [2.45, 2.75) is 70.5 Å². The number of hydrogen-bond acceptors (Lipinski definition) is 4. The van der Waals surface area contributed by atoms with Crippen LogP contribution in [0.25, 0.3) is 0 Å². The van der Waals surface area contributed by atoms with Crippen molar-refractivity contribution in [3.63, 3.8) is 0 Å². The lowest BCUT2D eigenvalue weighted by Crippen LogP contribution is -2.52. The van der Waals surface area contributed by atoms with Crippen LogP contribution in [0.5, 0.6) is 0 Å². The van der Waals surface area contributed by atoms with E-state index in [-0.39, 0.29) is 30.8 Å². The molecule has 218 valence electrons. The lowest BCUT2D eigenvalue weighted by Gasteiger charge is -2.33. The molecule has 1 N–H and O–H groups in total. The number of carbonyl (C=O) groups excluding carboxylic acids is 2. The Bertz CT molecular complexity index is 1370. The van der Waals surface area contributed by atoms with Gasteiger partial charge in [-0.2, -0.15) is 0 Å². The van der Waals surface area contributed by atoms with Crippen molar-refractivity contribution in [3.8, 4) is 0 Å². The summed E-state index contributed by atoms with van der Waals surface area (Å²) in [7, 11) is -3.53. The van der Waals surface area contributed by atoms with Gasteiger partial charge in [0, 0.05) is 32.0 Å². The van der Waals surface area contributed by atoms with Gasteiger partial charge in [-0.1, -0.05) is 91.2 Å². The Morgan fingerprint density at radius 2 is 1.49 bits per heavy atom. The van der Waals surface area contributed by atoms with E-state index < -0.39 is 16.1 Å². The smallest absolute Gasteiger partial charge is 0.243 e. The maximum atomic E-state index is 13.9. The van der Waals surface area contributed by atoms with Crippen LogP contribution in [0.2, 0.25) is 0 Å². The molecule has 8 heteroatoms. The molecular formula is C33H41N3O4S. The minimum absolute atomic E-state index is 0.118. The zero-order valence-corrected chi connectivity index (χ0v) is 24.9. The molecule has 1 aliphatic rings. The first-order chi connectivity index (χ1) is 19.7. The van der Waals surface area contributed by atoms with Gasteiger partial charge in [0.25, 0.3) is 0 Å². The van der Waals surface area contributed by atoms with Crippen LogP contribution in [0.1, 0.15) is 55.2 Å². The molecule has 7 nitrogen and oxygen atoms in total. The van der Waals surface area contributed by atoms with Crippen LogP contribution < -0.4 is 9.62 Å². The first-order valence-corrected chi connectivity index (χ1v) is 16.3. The topological polar surface area (TPSA) is 86.8 Å². The number of amides is 2. The van der Waals surface area contributed by atoms with E-state index in [9.17, 15) is 18.0 Å². The predicted octanol–water partition coefficient (Wildman–Crippen LogP) is 5.24. The van der Waals surface area contributed by atoms with Crippen LogP contribution in [0.15, 0.2) is 84.9 Å². The van der Waals surface area contributed by atoms with Crippen molar-refractivity contribution in [3.05, 3.63) is 102 Å². The summed E-state index contributed by atoms with van der Waals surface area (Å²) in [6.45, 7) is 2.48. The highest BCUT2D eigenvalue weighted by Gasteiger charge is 2.32. The molecule has 0 bridgehead atoms. The van der Waals surface area contributed by atoms with E-state index in [1.54, 1.807) is 29.2 Å². The zero-order valence-electron chi connectivity index (χ0n) is 24.0. The van der Waals surface area contributed by atoms with Gasteiger partial charge in [0.1, 0.15) is 6.04 Å². The van der Waals surface area contributed by atoms with Crippen LogP contribution >= 0.6 is 0 Å². The number of aryl methyl sites for hydroxylation is 1. The van der Waals surface area contributed by atoms with Crippen molar-refractivity contribution in [2.24, 2.45) is 0 Å². The molecule has 2 amide bonds. The van der Waals surface area contributed by atoms with E-state index in [1.807, 2.05) is 67.6 Å². The van der Waals surface area contributed by atoms with Crippen molar-refractivity contribution in [1.82, 2.24) is 10.2 Å². The van der Waals surface area contributed by atoms with Gasteiger partial charge in [-0.05, 0) is 49.4 Å². The molecule has 1 atom stereocenters. The molecular weight excluding hydrogens is 534 g/mol. The molecule has 3 aromatic rings. The Hall–Kier alpha value is -3.65. The molecule has 0 spiro atoms. The van der Waals surface area contributed by atoms with E-state index in [0.29, 0.717) is 25.1 Å². The molecule has 4 rings (SSSR count). The van der Waals surface area contributed by atoms with Gasteiger partial charge in [-0.25, -0.2) is 8.42 Å². The van der Waals surface area contributed by atoms with Crippen molar-refractivity contribution in [2.75, 3.05) is 17.1 Å². The molecule has 1 fully saturated rings. The van der Waals surface area contributed by atoms with Crippen LogP contribution in [0, 0.1) is 6.92 Å². The highest BCUT2D eigenvalue weighted by molar-refractivity contribution is 7.92. The van der Waals surface area contributed by atoms with Crippen LogP contribution in [-0.4, -0.2) is 50.0 Å². The number of hydrogen-bond donors (Lipinski definition) is 1. The molecule has 0 radical (unpaired) electrons. The van der Waals surface area contributed by atoms with Crippen LogP contribution in [-0.2, 0) is 32.6 Å². The summed E-state index contributed by atoms with van der Waals surface area (Å²) in [5.74, 6) is -0.308. The quantitative estimate of drug-likeness (QED) is 0.302. The fraction of sp³-hybridized carbons (Fsp3) is 0.394. The Morgan fingerprint density at radius 1 is 0.878 bits per heavy atom. The second-order valence-corrected chi connectivity index (χ2v) is 12.9. The number of anilines is 1. The second-order valence-electron chi connectivity index (χ2n) is 11.0. The minimum atomic E-state index is -3.53. The Morgan fingerprint density at radius 3 is 2.10 bits per heavy atom. The van der Waals surface area contributed by atoms with E-state index in [1.165, 1.54) is 10.6 Å². The number of nitrogens with zero attached hydrogens (tertiary/aromatic N) is 2. The highest BCUT2D eigenvalue weighted by atomic mass is 32.2. The van der Waals surface area contributed by atoms with Gasteiger partial charge in [-0.3, -0.25) is 13.9 Å². The number of rotatable bonds is 13. The third-order valence-corrected chi connectivity index (χ3v) is 8.84. The van der Waals surface area contributed by atoms with Gasteiger partial charge in [0.05, 0.1) is 11.9 Å². The predicted molar refractivity (Wildman–Crippen MR) is 164 cm³/mol. The molecule has 1 saturated carbocycles. The number of carbonyl (C=O) groups is 2. The van der Waals surface area contributed by atoms with E-state index in [0.717, 1.165) is 42.4 Å².